The predicted octanol–water partition coefficient (Wildman–Crippen LogP) is 1.88. The first-order valence-corrected chi connectivity index (χ1v) is 5.88. The lowest BCUT2D eigenvalue weighted by atomic mass is 10.2. The number of carbonyl (C=O) groups is 1. The van der Waals surface area contributed by atoms with E-state index < -0.39 is 6.10 Å². The smallest absolute Gasteiger partial charge is 0.254 e. The Bertz CT molecular complexity index is 396. The highest BCUT2D eigenvalue weighted by Crippen LogP contribution is 2.15. The number of aliphatic hydroxyl groups excluding tert-OH is 1. The van der Waals surface area contributed by atoms with Crippen molar-refractivity contribution in [2.75, 3.05) is 13.6 Å². The van der Waals surface area contributed by atoms with E-state index in [0.29, 0.717) is 9.13 Å². The second-order valence-electron chi connectivity index (χ2n) is 3.66. The van der Waals surface area contributed by atoms with Crippen LogP contribution in [-0.4, -0.2) is 35.6 Å². The molecule has 16 heavy (non-hydrogen) atoms. The topological polar surface area (TPSA) is 40.5 Å². The Balaban J connectivity index is 2.88. The van der Waals surface area contributed by atoms with Gasteiger partial charge in [-0.1, -0.05) is 0 Å². The van der Waals surface area contributed by atoms with E-state index in [9.17, 15) is 14.3 Å². The maximum atomic E-state index is 12.9. The van der Waals surface area contributed by atoms with Crippen LogP contribution in [0.25, 0.3) is 0 Å². The van der Waals surface area contributed by atoms with Crippen molar-refractivity contribution < 1.29 is 14.3 Å². The third-order valence-corrected chi connectivity index (χ3v) is 2.94. The fraction of sp³-hybridized carbons (Fsp3) is 0.364. The normalized spacial score (nSPS) is 12.3. The number of halogens is 2. The van der Waals surface area contributed by atoms with Crippen molar-refractivity contribution in [1.29, 1.82) is 0 Å². The first-order chi connectivity index (χ1) is 7.41. The molecule has 0 aliphatic carbocycles. The van der Waals surface area contributed by atoms with Gasteiger partial charge in [0.15, 0.2) is 0 Å². The van der Waals surface area contributed by atoms with Gasteiger partial charge in [-0.3, -0.25) is 4.79 Å². The molecule has 88 valence electrons. The third-order valence-electron chi connectivity index (χ3n) is 2.05. The summed E-state index contributed by atoms with van der Waals surface area (Å²) in [6.07, 6.45) is -0.577. The van der Waals surface area contributed by atoms with Crippen LogP contribution in [0.5, 0.6) is 0 Å². The minimum absolute atomic E-state index is 0.217. The SMILES string of the molecule is CC(O)CN(C)C(=O)c1ccc(F)cc1I. The zero-order chi connectivity index (χ0) is 12.3. The van der Waals surface area contributed by atoms with Crippen LogP contribution < -0.4 is 0 Å². The van der Waals surface area contributed by atoms with Gasteiger partial charge in [-0.25, -0.2) is 4.39 Å². The van der Waals surface area contributed by atoms with Gasteiger partial charge >= 0.3 is 0 Å². The van der Waals surface area contributed by atoms with Gasteiger partial charge in [0.1, 0.15) is 5.82 Å². The highest BCUT2D eigenvalue weighted by atomic mass is 127. The molecule has 3 nitrogen and oxygen atoms in total. The van der Waals surface area contributed by atoms with Crippen LogP contribution in [0.2, 0.25) is 0 Å². The summed E-state index contributed by atoms with van der Waals surface area (Å²) >= 11 is 1.92. The maximum absolute atomic E-state index is 12.9. The first kappa shape index (κ1) is 13.4. The summed E-state index contributed by atoms with van der Waals surface area (Å²) in [6.45, 7) is 1.87. The predicted molar refractivity (Wildman–Crippen MR) is 67.8 cm³/mol. The van der Waals surface area contributed by atoms with Gasteiger partial charge in [-0.15, -0.1) is 0 Å². The lowest BCUT2D eigenvalue weighted by molar-refractivity contribution is 0.0702. The van der Waals surface area contributed by atoms with Crippen molar-refractivity contribution in [3.63, 3.8) is 0 Å². The van der Waals surface area contributed by atoms with Gasteiger partial charge in [0, 0.05) is 17.2 Å². The maximum Gasteiger partial charge on any atom is 0.254 e. The summed E-state index contributed by atoms with van der Waals surface area (Å²) in [5.74, 6) is -0.579. The van der Waals surface area contributed by atoms with E-state index in [0.717, 1.165) is 0 Å². The molecule has 0 spiro atoms. The molecule has 0 bridgehead atoms. The molecule has 0 aromatic heterocycles. The van der Waals surface area contributed by atoms with Gasteiger partial charge in [0.2, 0.25) is 0 Å². The van der Waals surface area contributed by atoms with E-state index in [-0.39, 0.29) is 18.3 Å². The number of hydrogen-bond acceptors (Lipinski definition) is 2. The monoisotopic (exact) mass is 337 g/mol. The Morgan fingerprint density at radius 3 is 2.75 bits per heavy atom. The van der Waals surface area contributed by atoms with Gasteiger partial charge in [0.05, 0.1) is 11.7 Å². The lowest BCUT2D eigenvalue weighted by Gasteiger charge is -2.19. The molecule has 5 heteroatoms. The Hall–Kier alpha value is -0.690. The van der Waals surface area contributed by atoms with E-state index in [1.54, 1.807) is 14.0 Å². The molecule has 0 fully saturated rings. The van der Waals surface area contributed by atoms with Crippen LogP contribution >= 0.6 is 22.6 Å². The van der Waals surface area contributed by atoms with E-state index >= 15 is 0 Å². The Morgan fingerprint density at radius 1 is 1.62 bits per heavy atom. The average Bonchev–Trinajstić information content (AvgIpc) is 2.15. The summed E-state index contributed by atoms with van der Waals surface area (Å²) in [5, 5.41) is 9.18. The molecule has 1 unspecified atom stereocenters. The van der Waals surface area contributed by atoms with Crippen LogP contribution in [0.15, 0.2) is 18.2 Å². The van der Waals surface area contributed by atoms with Gasteiger partial charge in [-0.05, 0) is 47.7 Å². The number of aliphatic hydroxyl groups is 1. The number of rotatable bonds is 3. The zero-order valence-corrected chi connectivity index (χ0v) is 11.2. The minimum Gasteiger partial charge on any atom is -0.392 e. The summed E-state index contributed by atoms with van der Waals surface area (Å²) in [5.41, 5.74) is 0.449. The lowest BCUT2D eigenvalue weighted by Crippen LogP contribution is -2.33. The summed E-state index contributed by atoms with van der Waals surface area (Å²) < 4.78 is 13.4. The Kier molecular flexibility index (Phi) is 4.67. The quantitative estimate of drug-likeness (QED) is 0.856. The van der Waals surface area contributed by atoms with Crippen molar-refractivity contribution in [3.8, 4) is 0 Å². The third kappa shape index (κ3) is 3.41. The van der Waals surface area contributed by atoms with Crippen molar-refractivity contribution >= 4 is 28.5 Å². The molecule has 1 aromatic carbocycles. The highest BCUT2D eigenvalue weighted by molar-refractivity contribution is 14.1. The molecule has 1 atom stereocenters. The molecular formula is C11H13FINO2. The zero-order valence-electron chi connectivity index (χ0n) is 9.08. The average molecular weight is 337 g/mol. The fourth-order valence-electron chi connectivity index (χ4n) is 1.35. The number of likely N-dealkylation sites (N-methyl/N-ethyl adjacent to an activating group) is 1. The molecule has 0 aliphatic heterocycles. The number of amides is 1. The minimum atomic E-state index is -0.577. The summed E-state index contributed by atoms with van der Waals surface area (Å²) in [7, 11) is 1.61. The van der Waals surface area contributed by atoms with Gasteiger partial charge in [-0.2, -0.15) is 0 Å². The van der Waals surface area contributed by atoms with E-state index in [4.69, 9.17) is 0 Å². The van der Waals surface area contributed by atoms with Crippen molar-refractivity contribution in [2.24, 2.45) is 0 Å². The van der Waals surface area contributed by atoms with Crippen LogP contribution in [0, 0.1) is 9.39 Å². The fourth-order valence-corrected chi connectivity index (χ4v) is 2.06. The van der Waals surface area contributed by atoms with E-state index in [1.807, 2.05) is 22.6 Å². The number of nitrogens with zero attached hydrogens (tertiary/aromatic N) is 1. The Morgan fingerprint density at radius 2 is 2.25 bits per heavy atom. The van der Waals surface area contributed by atoms with Crippen LogP contribution in [0.3, 0.4) is 0 Å². The molecule has 1 amide bonds. The van der Waals surface area contributed by atoms with E-state index in [1.165, 1.54) is 23.1 Å². The number of carbonyl (C=O) groups excluding carboxylic acids is 1. The largest absolute Gasteiger partial charge is 0.392 e. The van der Waals surface area contributed by atoms with Gasteiger partial charge < -0.3 is 10.0 Å². The molecule has 0 aliphatic rings. The van der Waals surface area contributed by atoms with Crippen LogP contribution in [0.4, 0.5) is 4.39 Å². The molecule has 1 aromatic rings. The standard InChI is InChI=1S/C11H13FINO2/c1-7(15)6-14(2)11(16)9-4-3-8(12)5-10(9)13/h3-5,7,15H,6H2,1-2H3. The van der Waals surface area contributed by atoms with Crippen LogP contribution in [0.1, 0.15) is 17.3 Å². The van der Waals surface area contributed by atoms with Crippen molar-refractivity contribution in [2.45, 2.75) is 13.0 Å². The first-order valence-electron chi connectivity index (χ1n) is 4.80. The Labute approximate surface area is 107 Å². The second-order valence-corrected chi connectivity index (χ2v) is 4.82. The van der Waals surface area contributed by atoms with E-state index in [2.05, 4.69) is 0 Å². The number of benzene rings is 1. The molecule has 0 saturated carbocycles. The molecule has 1 N–H and O–H groups in total. The summed E-state index contributed by atoms with van der Waals surface area (Å²) in [6, 6.07) is 4.02. The highest BCUT2D eigenvalue weighted by Gasteiger charge is 2.16. The van der Waals surface area contributed by atoms with Crippen molar-refractivity contribution in [3.05, 3.63) is 33.1 Å². The molecule has 0 saturated heterocycles. The molecule has 1 rings (SSSR count). The van der Waals surface area contributed by atoms with Gasteiger partial charge in [0.25, 0.3) is 5.91 Å². The molecular weight excluding hydrogens is 324 g/mol. The van der Waals surface area contributed by atoms with Crippen molar-refractivity contribution in [1.82, 2.24) is 4.90 Å². The van der Waals surface area contributed by atoms with Crippen LogP contribution in [-0.2, 0) is 0 Å². The molecule has 0 radical (unpaired) electrons. The second kappa shape index (κ2) is 5.58. The molecule has 0 heterocycles. The number of hydrogen-bond donors (Lipinski definition) is 1. The summed E-state index contributed by atoms with van der Waals surface area (Å²) in [4.78, 5) is 13.3.